The fourth-order valence-electron chi connectivity index (χ4n) is 2.67. The van der Waals surface area contributed by atoms with E-state index in [-0.39, 0.29) is 6.61 Å². The summed E-state index contributed by atoms with van der Waals surface area (Å²) in [5.74, 6) is 0. The molecule has 0 aliphatic carbocycles. The lowest BCUT2D eigenvalue weighted by Crippen LogP contribution is -2.48. The van der Waals surface area contributed by atoms with Gasteiger partial charge in [0.1, 0.15) is 30.3 Å². The van der Waals surface area contributed by atoms with E-state index in [4.69, 9.17) is 4.74 Å². The lowest BCUT2D eigenvalue weighted by Gasteiger charge is -2.36. The molecular weight excluding hydrogens is 286 g/mol. The quantitative estimate of drug-likeness (QED) is 0.783. The summed E-state index contributed by atoms with van der Waals surface area (Å²) < 4.78 is 6.85. The van der Waals surface area contributed by atoms with Gasteiger partial charge in [0.05, 0.1) is 18.8 Å². The molecule has 22 heavy (non-hydrogen) atoms. The Hall–Kier alpha value is -2.09. The Balaban J connectivity index is 1.86. The van der Waals surface area contributed by atoms with Crippen molar-refractivity contribution in [2.75, 3.05) is 6.61 Å². The number of aliphatic hydroxyl groups excluding tert-OH is 2. The summed E-state index contributed by atoms with van der Waals surface area (Å²) in [6.07, 6.45) is 0.264. The molecule has 0 radical (unpaired) electrons. The fourth-order valence-corrected chi connectivity index (χ4v) is 2.67. The van der Waals surface area contributed by atoms with Crippen molar-refractivity contribution >= 4 is 6.29 Å². The van der Waals surface area contributed by atoms with Gasteiger partial charge < -0.3 is 19.7 Å². The van der Waals surface area contributed by atoms with Gasteiger partial charge in [0.15, 0.2) is 0 Å². The Bertz CT molecular complexity index is 631. The van der Waals surface area contributed by atoms with Crippen LogP contribution in [0.2, 0.25) is 0 Å². The number of aliphatic hydroxyl groups is 2. The minimum Gasteiger partial charge on any atom is -0.394 e. The third-order valence-corrected chi connectivity index (χ3v) is 3.85. The molecule has 1 aliphatic heterocycles. The number of aldehydes is 1. The first-order valence-corrected chi connectivity index (χ1v) is 7.10. The van der Waals surface area contributed by atoms with Gasteiger partial charge in [-0.1, -0.05) is 35.5 Å². The van der Waals surface area contributed by atoms with Crippen LogP contribution in [0.25, 0.3) is 11.3 Å². The number of hydrogen-bond acceptors (Lipinski definition) is 6. The van der Waals surface area contributed by atoms with E-state index < -0.39 is 24.4 Å². The molecule has 1 saturated heterocycles. The van der Waals surface area contributed by atoms with E-state index in [0.717, 1.165) is 5.56 Å². The highest BCUT2D eigenvalue weighted by atomic mass is 16.5. The van der Waals surface area contributed by atoms with Crippen LogP contribution in [0.5, 0.6) is 0 Å². The number of carbonyl (C=O) groups excluding carboxylic acids is 1. The van der Waals surface area contributed by atoms with Crippen LogP contribution in [0.1, 0.15) is 12.5 Å². The summed E-state index contributed by atoms with van der Waals surface area (Å²) in [7, 11) is 0. The number of benzene rings is 1. The normalized spacial score (nSPS) is 28.5. The Morgan fingerprint density at radius 1 is 1.36 bits per heavy atom. The van der Waals surface area contributed by atoms with Crippen LogP contribution < -0.4 is 0 Å². The summed E-state index contributed by atoms with van der Waals surface area (Å²) in [5, 5.41) is 27.7. The monoisotopic (exact) mass is 303 g/mol. The summed E-state index contributed by atoms with van der Waals surface area (Å²) >= 11 is 0. The Kier molecular flexibility index (Phi) is 4.28. The second kappa shape index (κ2) is 6.35. The SMILES string of the molecule is O=C[C@H]1C[C@@H](n2cc(-c3ccccc3)nn2)[C@@H](O)[C@@H](CO)O1. The number of nitrogens with zero attached hydrogens (tertiary/aromatic N) is 3. The molecule has 1 fully saturated rings. The molecule has 1 aromatic carbocycles. The number of ether oxygens (including phenoxy) is 1. The summed E-state index contributed by atoms with van der Waals surface area (Å²) in [5.41, 5.74) is 1.60. The van der Waals surface area contributed by atoms with Crippen LogP contribution in [-0.2, 0) is 9.53 Å². The maximum absolute atomic E-state index is 11.0. The molecular formula is C15H17N3O4. The molecule has 0 saturated carbocycles. The molecule has 0 unspecified atom stereocenters. The second-order valence-corrected chi connectivity index (χ2v) is 5.28. The van der Waals surface area contributed by atoms with Crippen molar-refractivity contribution in [2.24, 2.45) is 0 Å². The van der Waals surface area contributed by atoms with Crippen molar-refractivity contribution in [3.63, 3.8) is 0 Å². The molecule has 2 aromatic rings. The second-order valence-electron chi connectivity index (χ2n) is 5.28. The molecule has 7 nitrogen and oxygen atoms in total. The standard InChI is InChI=1S/C15H17N3O4/c19-8-11-6-13(15(21)14(9-20)22-11)18-7-12(16-17-18)10-4-2-1-3-5-10/h1-5,7-8,11,13-15,20-21H,6,9H2/t11-,13-,14-,15-/m1/s1. The molecule has 3 rings (SSSR count). The third kappa shape index (κ3) is 2.78. The zero-order chi connectivity index (χ0) is 15.5. The number of aromatic nitrogens is 3. The summed E-state index contributed by atoms with van der Waals surface area (Å²) in [6, 6.07) is 9.09. The highest BCUT2D eigenvalue weighted by Crippen LogP contribution is 2.29. The zero-order valence-corrected chi connectivity index (χ0v) is 11.8. The fraction of sp³-hybridized carbons (Fsp3) is 0.400. The van der Waals surface area contributed by atoms with Gasteiger partial charge in [-0.15, -0.1) is 5.10 Å². The molecule has 1 aliphatic rings. The molecule has 0 amide bonds. The van der Waals surface area contributed by atoms with Gasteiger partial charge in [-0.2, -0.15) is 0 Å². The molecule has 0 spiro atoms. The number of rotatable bonds is 4. The van der Waals surface area contributed by atoms with Gasteiger partial charge in [-0.3, -0.25) is 0 Å². The van der Waals surface area contributed by atoms with Gasteiger partial charge in [0, 0.05) is 12.0 Å². The van der Waals surface area contributed by atoms with Gasteiger partial charge >= 0.3 is 0 Å². The van der Waals surface area contributed by atoms with Crippen molar-refractivity contribution in [1.82, 2.24) is 15.0 Å². The minimum atomic E-state index is -0.952. The largest absolute Gasteiger partial charge is 0.394 e. The predicted octanol–water partition coefficient (Wildman–Crippen LogP) is 0.196. The van der Waals surface area contributed by atoms with E-state index in [0.29, 0.717) is 18.4 Å². The lowest BCUT2D eigenvalue weighted by atomic mass is 9.96. The van der Waals surface area contributed by atoms with Gasteiger partial charge in [-0.05, 0) is 0 Å². The molecule has 1 aromatic heterocycles. The summed E-state index contributed by atoms with van der Waals surface area (Å²) in [4.78, 5) is 11.0. The van der Waals surface area contributed by atoms with Gasteiger partial charge in [0.2, 0.25) is 0 Å². The first-order valence-electron chi connectivity index (χ1n) is 7.10. The van der Waals surface area contributed by atoms with Crippen molar-refractivity contribution in [2.45, 2.75) is 30.8 Å². The first kappa shape index (κ1) is 14.8. The van der Waals surface area contributed by atoms with Crippen LogP contribution in [0.4, 0.5) is 0 Å². The molecule has 116 valence electrons. The number of carbonyl (C=O) groups is 1. The average molecular weight is 303 g/mol. The van der Waals surface area contributed by atoms with Crippen LogP contribution in [-0.4, -0.2) is 56.4 Å². The van der Waals surface area contributed by atoms with E-state index in [1.54, 1.807) is 6.20 Å². The van der Waals surface area contributed by atoms with Crippen molar-refractivity contribution < 1.29 is 19.7 Å². The van der Waals surface area contributed by atoms with E-state index in [1.165, 1.54) is 4.68 Å². The van der Waals surface area contributed by atoms with Crippen LogP contribution in [0, 0.1) is 0 Å². The Morgan fingerprint density at radius 3 is 2.82 bits per heavy atom. The van der Waals surface area contributed by atoms with Crippen molar-refractivity contribution in [3.05, 3.63) is 36.5 Å². The highest BCUT2D eigenvalue weighted by Gasteiger charge is 2.39. The molecule has 7 heteroatoms. The Morgan fingerprint density at radius 2 is 2.14 bits per heavy atom. The maximum atomic E-state index is 11.0. The predicted molar refractivity (Wildman–Crippen MR) is 76.9 cm³/mol. The van der Waals surface area contributed by atoms with Crippen molar-refractivity contribution in [3.8, 4) is 11.3 Å². The van der Waals surface area contributed by atoms with Gasteiger partial charge in [-0.25, -0.2) is 4.68 Å². The third-order valence-electron chi connectivity index (χ3n) is 3.85. The van der Waals surface area contributed by atoms with E-state index in [2.05, 4.69) is 10.3 Å². The van der Waals surface area contributed by atoms with Crippen LogP contribution in [0.15, 0.2) is 36.5 Å². The summed E-state index contributed by atoms with van der Waals surface area (Å²) in [6.45, 7) is -0.359. The minimum absolute atomic E-state index is 0.290. The lowest BCUT2D eigenvalue weighted by molar-refractivity contribution is -0.161. The van der Waals surface area contributed by atoms with E-state index >= 15 is 0 Å². The number of hydrogen-bond donors (Lipinski definition) is 2. The molecule has 2 N–H and O–H groups in total. The Labute approximate surface area is 127 Å². The topological polar surface area (TPSA) is 97.5 Å². The van der Waals surface area contributed by atoms with E-state index in [1.807, 2.05) is 30.3 Å². The van der Waals surface area contributed by atoms with Gasteiger partial charge in [0.25, 0.3) is 0 Å². The van der Waals surface area contributed by atoms with Crippen molar-refractivity contribution in [1.29, 1.82) is 0 Å². The zero-order valence-electron chi connectivity index (χ0n) is 11.8. The highest BCUT2D eigenvalue weighted by molar-refractivity contribution is 5.57. The van der Waals surface area contributed by atoms with Crippen LogP contribution >= 0.6 is 0 Å². The smallest absolute Gasteiger partial charge is 0.148 e. The maximum Gasteiger partial charge on any atom is 0.148 e. The average Bonchev–Trinajstić information content (AvgIpc) is 3.05. The molecule has 2 heterocycles. The van der Waals surface area contributed by atoms with Crippen LogP contribution in [0.3, 0.4) is 0 Å². The molecule has 4 atom stereocenters. The molecule has 0 bridgehead atoms. The van der Waals surface area contributed by atoms with E-state index in [9.17, 15) is 15.0 Å². The first-order chi connectivity index (χ1) is 10.7.